The highest BCUT2D eigenvalue weighted by molar-refractivity contribution is 5.81. The Morgan fingerprint density at radius 2 is 2.21 bits per heavy atom. The van der Waals surface area contributed by atoms with Crippen molar-refractivity contribution in [3.8, 4) is 0 Å². The minimum Gasteiger partial charge on any atom is -0.388 e. The lowest BCUT2D eigenvalue weighted by Crippen LogP contribution is -2.20. The van der Waals surface area contributed by atoms with Gasteiger partial charge in [-0.2, -0.15) is 0 Å². The summed E-state index contributed by atoms with van der Waals surface area (Å²) in [5.74, 6) is 0.318. The van der Waals surface area contributed by atoms with E-state index in [1.54, 1.807) is 10.9 Å². The Morgan fingerprint density at radius 3 is 3.00 bits per heavy atom. The second kappa shape index (κ2) is 3.84. The molecule has 100 valence electrons. The molecule has 4 rings (SSSR count). The fraction of sp³-hybridized carbons (Fsp3) is 0.500. The van der Waals surface area contributed by atoms with E-state index in [0.29, 0.717) is 23.4 Å². The number of ether oxygens (including phenoxy) is 1. The second-order valence-electron chi connectivity index (χ2n) is 4.72. The van der Waals surface area contributed by atoms with Crippen LogP contribution in [-0.4, -0.2) is 43.0 Å². The summed E-state index contributed by atoms with van der Waals surface area (Å²) >= 11 is 0. The maximum Gasteiger partial charge on any atom is 0.167 e. The number of hydrogen-bond acceptors (Lipinski definition) is 8. The maximum atomic E-state index is 10.1. The summed E-state index contributed by atoms with van der Waals surface area (Å²) in [4.78, 5) is 12.2. The van der Waals surface area contributed by atoms with E-state index >= 15 is 0 Å². The van der Waals surface area contributed by atoms with E-state index in [-0.39, 0.29) is 12.3 Å². The third-order valence-corrected chi connectivity index (χ3v) is 3.46. The first-order valence-electron chi connectivity index (χ1n) is 6.01. The molecule has 9 heteroatoms. The van der Waals surface area contributed by atoms with Crippen LogP contribution in [0.4, 0.5) is 5.82 Å². The van der Waals surface area contributed by atoms with E-state index in [0.717, 1.165) is 0 Å². The van der Waals surface area contributed by atoms with Crippen molar-refractivity contribution in [3.05, 3.63) is 12.7 Å². The average molecular weight is 263 g/mol. The predicted octanol–water partition coefficient (Wildman–Crippen LogP) is -1.51. The fourth-order valence-corrected chi connectivity index (χ4v) is 2.44. The van der Waals surface area contributed by atoms with Gasteiger partial charge in [0.25, 0.3) is 0 Å². The Hall–Kier alpha value is -1.81. The number of aromatic nitrogens is 4. The molecule has 0 bridgehead atoms. The van der Waals surface area contributed by atoms with Gasteiger partial charge in [-0.15, -0.1) is 0 Å². The molecule has 2 aromatic heterocycles. The average Bonchev–Trinajstić information content (AvgIpc) is 3.04. The van der Waals surface area contributed by atoms with E-state index in [4.69, 9.17) is 10.5 Å². The summed E-state index contributed by atoms with van der Waals surface area (Å²) in [6.07, 6.45) is 2.41. The molecule has 5 N–H and O–H groups in total. The number of aliphatic hydroxyl groups excluding tert-OH is 1. The van der Waals surface area contributed by atoms with Gasteiger partial charge >= 0.3 is 0 Å². The molecule has 0 unspecified atom stereocenters. The summed E-state index contributed by atoms with van der Waals surface area (Å²) in [5, 5.41) is 10.1. The molecule has 2 aromatic rings. The van der Waals surface area contributed by atoms with Crippen molar-refractivity contribution >= 4 is 17.0 Å². The van der Waals surface area contributed by atoms with E-state index in [1.807, 2.05) is 0 Å². The second-order valence-corrected chi connectivity index (χ2v) is 4.72. The van der Waals surface area contributed by atoms with Crippen LogP contribution < -0.4 is 16.6 Å². The number of rotatable bonds is 2. The van der Waals surface area contributed by atoms with E-state index in [2.05, 4.69) is 25.8 Å². The molecule has 9 nitrogen and oxygen atoms in total. The largest absolute Gasteiger partial charge is 0.388 e. The van der Waals surface area contributed by atoms with E-state index < -0.39 is 12.3 Å². The Bertz CT molecular complexity index is 625. The number of hydrogen-bond donors (Lipinski definition) is 4. The van der Waals surface area contributed by atoms with Gasteiger partial charge in [0.15, 0.2) is 17.7 Å². The van der Waals surface area contributed by atoms with Crippen molar-refractivity contribution < 1.29 is 9.84 Å². The maximum absolute atomic E-state index is 10.1. The molecule has 0 aliphatic carbocycles. The summed E-state index contributed by atoms with van der Waals surface area (Å²) in [6, 6.07) is 0. The molecule has 3 atom stereocenters. The van der Waals surface area contributed by atoms with Gasteiger partial charge in [0.2, 0.25) is 0 Å². The number of imidazole rings is 1. The number of aliphatic hydroxyl groups is 1. The van der Waals surface area contributed by atoms with Crippen LogP contribution in [0, 0.1) is 0 Å². The lowest BCUT2D eigenvalue weighted by molar-refractivity contribution is -0.0355. The van der Waals surface area contributed by atoms with Gasteiger partial charge in [0, 0.05) is 6.42 Å². The minimum atomic E-state index is -0.609. The summed E-state index contributed by atoms with van der Waals surface area (Å²) < 4.78 is 7.53. The molecule has 2 aliphatic rings. The van der Waals surface area contributed by atoms with Gasteiger partial charge < -0.3 is 15.6 Å². The molecule has 0 spiro atoms. The Kier molecular flexibility index (Phi) is 2.23. The first-order chi connectivity index (χ1) is 9.24. The monoisotopic (exact) mass is 263 g/mol. The molecule has 0 amide bonds. The normalized spacial score (nSPS) is 31.1. The summed E-state index contributed by atoms with van der Waals surface area (Å²) in [7, 11) is 0. The van der Waals surface area contributed by atoms with Crippen LogP contribution in [0.15, 0.2) is 12.7 Å². The molecule has 0 saturated carbocycles. The predicted molar refractivity (Wildman–Crippen MR) is 64.3 cm³/mol. The van der Waals surface area contributed by atoms with Gasteiger partial charge in [-0.05, 0) is 0 Å². The van der Waals surface area contributed by atoms with Crippen LogP contribution in [0.5, 0.6) is 0 Å². The zero-order chi connectivity index (χ0) is 13.0. The van der Waals surface area contributed by atoms with E-state index in [1.165, 1.54) is 6.33 Å². The summed E-state index contributed by atoms with van der Waals surface area (Å²) in [5.41, 5.74) is 12.7. The lowest BCUT2D eigenvalue weighted by atomic mass is 10.2. The van der Waals surface area contributed by atoms with Crippen LogP contribution in [0.1, 0.15) is 12.6 Å². The standard InChI is InChI=1S/C10H13N7O2/c11-7-6-9(13-2-12-7)17(3-14-6)10-4(18)1-5(19-10)8-15-16-8/h2-5,8,10,15-16,18H,1H2,(H2,11,12,13)/t4-,5-,10+/m0/s1. The zero-order valence-corrected chi connectivity index (χ0v) is 9.89. The first kappa shape index (κ1) is 11.1. The SMILES string of the molecule is Nc1ncnc2c1ncn2[C@@H]1O[C@H](C2NN2)C[C@@H]1O. The third-order valence-electron chi connectivity index (χ3n) is 3.46. The lowest BCUT2D eigenvalue weighted by Gasteiger charge is -2.16. The van der Waals surface area contributed by atoms with Gasteiger partial charge in [-0.3, -0.25) is 4.57 Å². The molecule has 0 aromatic carbocycles. The number of anilines is 1. The van der Waals surface area contributed by atoms with Gasteiger partial charge in [-0.1, -0.05) is 0 Å². The molecule has 0 radical (unpaired) electrons. The van der Waals surface area contributed by atoms with Crippen molar-refractivity contribution in [3.63, 3.8) is 0 Å². The van der Waals surface area contributed by atoms with Gasteiger partial charge in [0.05, 0.1) is 12.4 Å². The summed E-state index contributed by atoms with van der Waals surface area (Å²) in [6.45, 7) is 0. The van der Waals surface area contributed by atoms with E-state index in [9.17, 15) is 5.11 Å². The Balaban J connectivity index is 1.72. The number of nitrogens with two attached hydrogens (primary N) is 1. The first-order valence-corrected chi connectivity index (χ1v) is 6.01. The van der Waals surface area contributed by atoms with Crippen LogP contribution in [0.3, 0.4) is 0 Å². The van der Waals surface area contributed by atoms with Crippen LogP contribution in [0.25, 0.3) is 11.2 Å². The highest BCUT2D eigenvalue weighted by Crippen LogP contribution is 2.33. The smallest absolute Gasteiger partial charge is 0.167 e. The minimum absolute atomic E-state index is 0.0726. The number of nitrogens with zero attached hydrogens (tertiary/aromatic N) is 4. The molecule has 2 saturated heterocycles. The Labute approximate surface area is 107 Å². The molecule has 19 heavy (non-hydrogen) atoms. The highest BCUT2D eigenvalue weighted by Gasteiger charge is 2.43. The number of nitrogens with one attached hydrogen (secondary N) is 2. The van der Waals surface area contributed by atoms with Crippen molar-refractivity contribution in [2.24, 2.45) is 0 Å². The Morgan fingerprint density at radius 1 is 1.37 bits per heavy atom. The quantitative estimate of drug-likeness (QED) is 0.479. The van der Waals surface area contributed by atoms with Gasteiger partial charge in [-0.25, -0.2) is 25.8 Å². The number of hydrazine groups is 1. The van der Waals surface area contributed by atoms with Crippen molar-refractivity contribution in [2.45, 2.75) is 31.0 Å². The molecular formula is C10H13N7O2. The van der Waals surface area contributed by atoms with Crippen molar-refractivity contribution in [1.29, 1.82) is 0 Å². The van der Waals surface area contributed by atoms with Gasteiger partial charge in [0.1, 0.15) is 24.1 Å². The number of fused-ring (bicyclic) bond motifs is 1. The molecular weight excluding hydrogens is 250 g/mol. The van der Waals surface area contributed by atoms with Crippen LogP contribution >= 0.6 is 0 Å². The number of nitrogen functional groups attached to an aromatic ring is 1. The third kappa shape index (κ3) is 1.67. The molecule has 2 aliphatic heterocycles. The fourth-order valence-electron chi connectivity index (χ4n) is 2.44. The van der Waals surface area contributed by atoms with Crippen LogP contribution in [-0.2, 0) is 4.74 Å². The van der Waals surface area contributed by atoms with Crippen molar-refractivity contribution in [2.75, 3.05) is 5.73 Å². The topological polar surface area (TPSA) is 143 Å². The van der Waals surface area contributed by atoms with Crippen molar-refractivity contribution in [1.82, 2.24) is 30.4 Å². The molecule has 2 fully saturated rings. The zero-order valence-electron chi connectivity index (χ0n) is 9.89. The highest BCUT2D eigenvalue weighted by atomic mass is 16.5. The van der Waals surface area contributed by atoms with Crippen LogP contribution in [0.2, 0.25) is 0 Å². The molecule has 4 heterocycles.